The summed E-state index contributed by atoms with van der Waals surface area (Å²) in [5.74, 6) is 0.446. The van der Waals surface area contributed by atoms with Crippen molar-refractivity contribution in [2.75, 3.05) is 6.61 Å². The van der Waals surface area contributed by atoms with Crippen molar-refractivity contribution in [2.24, 2.45) is 0 Å². The summed E-state index contributed by atoms with van der Waals surface area (Å²) in [4.78, 5) is 16.7. The molecule has 4 nitrogen and oxygen atoms in total. The molecule has 5 heteroatoms. The monoisotopic (exact) mass is 322 g/mol. The van der Waals surface area contributed by atoms with E-state index in [1.807, 2.05) is 52.7 Å². The van der Waals surface area contributed by atoms with Gasteiger partial charge >= 0.3 is 5.97 Å². The van der Waals surface area contributed by atoms with Crippen molar-refractivity contribution >= 4 is 28.6 Å². The predicted octanol–water partition coefficient (Wildman–Crippen LogP) is 3.85. The topological polar surface area (TPSA) is 44.1 Å². The number of benzene rings is 1. The molecule has 1 aromatic carbocycles. The van der Waals surface area contributed by atoms with Crippen molar-refractivity contribution < 1.29 is 9.53 Å². The zero-order valence-electron chi connectivity index (χ0n) is 12.5. The molecule has 2 aromatic heterocycles. The van der Waals surface area contributed by atoms with Gasteiger partial charge < -0.3 is 4.74 Å². The molecule has 0 saturated carbocycles. The van der Waals surface area contributed by atoms with E-state index in [2.05, 4.69) is 11.1 Å². The molecule has 3 heterocycles. The number of carbonyl (C=O) groups is 1. The van der Waals surface area contributed by atoms with Gasteiger partial charge in [-0.05, 0) is 23.9 Å². The highest BCUT2D eigenvalue weighted by Gasteiger charge is 2.29. The molecule has 0 amide bonds. The zero-order chi connectivity index (χ0) is 15.8. The molecular formula is C18H14N2O2S. The van der Waals surface area contributed by atoms with Crippen LogP contribution in [0.4, 0.5) is 0 Å². The smallest absolute Gasteiger partial charge is 0.356 e. The summed E-state index contributed by atoms with van der Waals surface area (Å²) < 4.78 is 7.14. The predicted molar refractivity (Wildman–Crippen MR) is 90.8 cm³/mol. The van der Waals surface area contributed by atoms with Gasteiger partial charge in [0.05, 0.1) is 0 Å². The number of ether oxygens (including phenoxy) is 1. The number of aromatic nitrogens is 2. The Kier molecular flexibility index (Phi) is 3.35. The van der Waals surface area contributed by atoms with Crippen LogP contribution in [0.15, 0.2) is 53.5 Å². The molecule has 4 rings (SSSR count). The number of hydrogen-bond acceptors (Lipinski definition) is 4. The van der Waals surface area contributed by atoms with Gasteiger partial charge in [-0.1, -0.05) is 29.8 Å². The highest BCUT2D eigenvalue weighted by molar-refractivity contribution is 7.08. The number of aryl methyl sites for hydroxylation is 1. The molecule has 0 aliphatic carbocycles. The highest BCUT2D eigenvalue weighted by Crippen LogP contribution is 2.33. The summed E-state index contributed by atoms with van der Waals surface area (Å²) in [6.45, 7) is 2.33. The molecule has 0 unspecified atom stereocenters. The van der Waals surface area contributed by atoms with E-state index in [9.17, 15) is 4.79 Å². The van der Waals surface area contributed by atoms with Gasteiger partial charge in [-0.25, -0.2) is 9.78 Å². The Labute approximate surface area is 137 Å². The second-order valence-electron chi connectivity index (χ2n) is 5.41. The van der Waals surface area contributed by atoms with Gasteiger partial charge in [0.1, 0.15) is 18.1 Å². The molecule has 0 saturated heterocycles. The standard InChI is InChI=1S/C18H14N2O2S/c1-12-3-2-4-13(9-12)15-10-22-18(21)16(15)20-7-6-19-17(20)14-5-8-23-11-14/h2-9,11H,10H2,1H3. The largest absolute Gasteiger partial charge is 0.456 e. The van der Waals surface area contributed by atoms with E-state index >= 15 is 0 Å². The fraction of sp³-hybridized carbons (Fsp3) is 0.111. The van der Waals surface area contributed by atoms with Gasteiger partial charge in [0.15, 0.2) is 0 Å². The number of esters is 1. The first-order chi connectivity index (χ1) is 11.2. The maximum Gasteiger partial charge on any atom is 0.356 e. The average molecular weight is 322 g/mol. The summed E-state index contributed by atoms with van der Waals surface area (Å²) in [5.41, 5.74) is 4.60. The first-order valence-electron chi connectivity index (χ1n) is 7.27. The summed E-state index contributed by atoms with van der Waals surface area (Å²) in [7, 11) is 0. The number of nitrogens with zero attached hydrogens (tertiary/aromatic N) is 2. The van der Waals surface area contributed by atoms with Gasteiger partial charge in [0.2, 0.25) is 0 Å². The summed E-state index contributed by atoms with van der Waals surface area (Å²) in [6.07, 6.45) is 3.52. The van der Waals surface area contributed by atoms with E-state index in [-0.39, 0.29) is 5.97 Å². The van der Waals surface area contributed by atoms with Crippen LogP contribution in [0.1, 0.15) is 11.1 Å². The average Bonchev–Trinajstić information content (AvgIpc) is 3.26. The van der Waals surface area contributed by atoms with Crippen molar-refractivity contribution in [1.82, 2.24) is 9.55 Å². The van der Waals surface area contributed by atoms with E-state index in [1.54, 1.807) is 17.5 Å². The maximum atomic E-state index is 12.3. The molecular weight excluding hydrogens is 308 g/mol. The van der Waals surface area contributed by atoms with Crippen molar-refractivity contribution in [3.05, 3.63) is 64.6 Å². The van der Waals surface area contributed by atoms with Gasteiger partial charge in [0, 0.05) is 28.9 Å². The molecule has 0 atom stereocenters. The van der Waals surface area contributed by atoms with Gasteiger partial charge in [-0.15, -0.1) is 0 Å². The zero-order valence-corrected chi connectivity index (χ0v) is 13.3. The van der Waals surface area contributed by atoms with Crippen molar-refractivity contribution in [2.45, 2.75) is 6.92 Å². The van der Waals surface area contributed by atoms with E-state index in [1.165, 1.54) is 0 Å². The minimum atomic E-state index is -0.309. The minimum absolute atomic E-state index is 0.291. The lowest BCUT2D eigenvalue weighted by Gasteiger charge is -2.08. The number of imidazole rings is 1. The van der Waals surface area contributed by atoms with E-state index in [0.29, 0.717) is 12.3 Å². The Hall–Kier alpha value is -2.66. The summed E-state index contributed by atoms with van der Waals surface area (Å²) in [6, 6.07) is 10.1. The van der Waals surface area contributed by atoms with Crippen LogP contribution in [0.25, 0.3) is 22.7 Å². The lowest BCUT2D eigenvalue weighted by atomic mass is 10.0. The van der Waals surface area contributed by atoms with Crippen LogP contribution >= 0.6 is 11.3 Å². The minimum Gasteiger partial charge on any atom is -0.456 e. The normalized spacial score (nSPS) is 14.4. The Balaban J connectivity index is 1.90. The SMILES string of the molecule is Cc1cccc(C2=C(n3ccnc3-c3ccsc3)C(=O)OC2)c1. The van der Waals surface area contributed by atoms with E-state index in [0.717, 1.165) is 28.1 Å². The van der Waals surface area contributed by atoms with Crippen molar-refractivity contribution in [3.63, 3.8) is 0 Å². The first kappa shape index (κ1) is 14.0. The van der Waals surface area contributed by atoms with Crippen LogP contribution in [-0.2, 0) is 9.53 Å². The second-order valence-corrected chi connectivity index (χ2v) is 6.19. The molecule has 0 spiro atoms. The molecule has 1 aliphatic rings. The van der Waals surface area contributed by atoms with Crippen LogP contribution in [0.3, 0.4) is 0 Å². The molecule has 0 N–H and O–H groups in total. The van der Waals surface area contributed by atoms with Crippen LogP contribution in [0.2, 0.25) is 0 Å². The Morgan fingerprint density at radius 2 is 2.17 bits per heavy atom. The van der Waals surface area contributed by atoms with Gasteiger partial charge in [-0.3, -0.25) is 4.57 Å². The number of hydrogen-bond donors (Lipinski definition) is 0. The molecule has 1 aliphatic heterocycles. The van der Waals surface area contributed by atoms with Crippen molar-refractivity contribution in [3.8, 4) is 11.4 Å². The third kappa shape index (κ3) is 2.39. The second kappa shape index (κ2) is 5.52. The Morgan fingerprint density at radius 1 is 1.26 bits per heavy atom. The van der Waals surface area contributed by atoms with Gasteiger partial charge in [-0.2, -0.15) is 11.3 Å². The number of carbonyl (C=O) groups excluding carboxylic acids is 1. The van der Waals surface area contributed by atoms with Crippen LogP contribution in [-0.4, -0.2) is 22.1 Å². The Bertz CT molecular complexity index is 907. The lowest BCUT2D eigenvalue weighted by molar-refractivity contribution is -0.134. The third-order valence-electron chi connectivity index (χ3n) is 3.85. The van der Waals surface area contributed by atoms with E-state index in [4.69, 9.17) is 4.74 Å². The quantitative estimate of drug-likeness (QED) is 0.688. The number of rotatable bonds is 3. The molecule has 0 bridgehead atoms. The van der Waals surface area contributed by atoms with Crippen LogP contribution < -0.4 is 0 Å². The Morgan fingerprint density at radius 3 is 2.96 bits per heavy atom. The third-order valence-corrected chi connectivity index (χ3v) is 4.54. The fourth-order valence-corrected chi connectivity index (χ4v) is 3.42. The van der Waals surface area contributed by atoms with Crippen LogP contribution in [0, 0.1) is 6.92 Å². The first-order valence-corrected chi connectivity index (χ1v) is 8.22. The number of thiophene rings is 1. The maximum absolute atomic E-state index is 12.3. The molecule has 114 valence electrons. The fourth-order valence-electron chi connectivity index (χ4n) is 2.78. The molecule has 3 aromatic rings. The molecule has 23 heavy (non-hydrogen) atoms. The van der Waals surface area contributed by atoms with Crippen LogP contribution in [0.5, 0.6) is 0 Å². The van der Waals surface area contributed by atoms with Gasteiger partial charge in [0.25, 0.3) is 0 Å². The van der Waals surface area contributed by atoms with E-state index < -0.39 is 0 Å². The molecule has 0 fully saturated rings. The summed E-state index contributed by atoms with van der Waals surface area (Å²) in [5, 5.41) is 4.02. The molecule has 0 radical (unpaired) electrons. The summed E-state index contributed by atoms with van der Waals surface area (Å²) >= 11 is 1.60. The lowest BCUT2D eigenvalue weighted by Crippen LogP contribution is -2.07. The number of cyclic esters (lactones) is 1. The van der Waals surface area contributed by atoms with Crippen molar-refractivity contribution in [1.29, 1.82) is 0 Å². The highest BCUT2D eigenvalue weighted by atomic mass is 32.1.